The second kappa shape index (κ2) is 3.52. The van der Waals surface area contributed by atoms with Crippen LogP contribution in [0.15, 0.2) is 24.9 Å². The van der Waals surface area contributed by atoms with Crippen LogP contribution >= 0.6 is 0 Å². The van der Waals surface area contributed by atoms with Crippen LogP contribution in [0.1, 0.15) is 5.69 Å². The topological polar surface area (TPSA) is 62.2 Å². The Bertz CT molecular complexity index is 292. The molecule has 0 bridgehead atoms. The van der Waals surface area contributed by atoms with Crippen LogP contribution in [-0.4, -0.2) is 16.2 Å². The maximum absolute atomic E-state index is 10.2. The van der Waals surface area contributed by atoms with E-state index in [1.165, 1.54) is 6.20 Å². The molecular formula is C8H8N2O2. The van der Waals surface area contributed by atoms with Gasteiger partial charge >= 0.3 is 6.09 Å². The Balaban J connectivity index is 2.77. The Labute approximate surface area is 69.6 Å². The van der Waals surface area contributed by atoms with E-state index in [0.29, 0.717) is 11.4 Å². The summed E-state index contributed by atoms with van der Waals surface area (Å²) in [5, 5.41) is 10.5. The minimum absolute atomic E-state index is 0.452. The number of carbonyl (C=O) groups is 1. The smallest absolute Gasteiger partial charge is 0.409 e. The first-order chi connectivity index (χ1) is 5.72. The summed E-state index contributed by atoms with van der Waals surface area (Å²) in [7, 11) is 0. The molecule has 4 heteroatoms. The van der Waals surface area contributed by atoms with Crippen molar-refractivity contribution in [2.75, 3.05) is 5.32 Å². The Kier molecular flexibility index (Phi) is 2.42. The molecule has 1 rings (SSSR count). The fourth-order valence-corrected chi connectivity index (χ4v) is 0.723. The number of carboxylic acid groups (broad SMARTS) is 1. The average molecular weight is 164 g/mol. The highest BCUT2D eigenvalue weighted by atomic mass is 16.4. The highest BCUT2D eigenvalue weighted by molar-refractivity contribution is 5.82. The van der Waals surface area contributed by atoms with Gasteiger partial charge in [-0.15, -0.1) is 0 Å². The molecule has 0 fully saturated rings. The molecular weight excluding hydrogens is 156 g/mol. The van der Waals surface area contributed by atoms with Crippen molar-refractivity contribution in [3.63, 3.8) is 0 Å². The van der Waals surface area contributed by atoms with Crippen LogP contribution in [0.25, 0.3) is 6.08 Å². The Morgan fingerprint density at radius 3 is 2.83 bits per heavy atom. The molecule has 0 aliphatic heterocycles. The van der Waals surface area contributed by atoms with Crippen LogP contribution in [-0.2, 0) is 0 Å². The molecule has 1 aromatic heterocycles. The van der Waals surface area contributed by atoms with Gasteiger partial charge in [-0.2, -0.15) is 0 Å². The van der Waals surface area contributed by atoms with Gasteiger partial charge in [0.25, 0.3) is 0 Å². The maximum Gasteiger partial charge on any atom is 0.409 e. The van der Waals surface area contributed by atoms with E-state index >= 15 is 0 Å². The molecule has 0 aliphatic carbocycles. The molecule has 12 heavy (non-hydrogen) atoms. The van der Waals surface area contributed by atoms with Gasteiger partial charge in [0, 0.05) is 0 Å². The molecule has 0 saturated heterocycles. The zero-order valence-electron chi connectivity index (χ0n) is 6.32. The van der Waals surface area contributed by atoms with E-state index in [0.717, 1.165) is 0 Å². The number of hydrogen-bond donors (Lipinski definition) is 2. The number of nitrogens with zero attached hydrogens (tertiary/aromatic N) is 1. The number of rotatable bonds is 2. The van der Waals surface area contributed by atoms with Crippen molar-refractivity contribution >= 4 is 17.9 Å². The van der Waals surface area contributed by atoms with Crippen LogP contribution in [0.4, 0.5) is 10.5 Å². The van der Waals surface area contributed by atoms with Crippen LogP contribution in [0.3, 0.4) is 0 Å². The highest BCUT2D eigenvalue weighted by Crippen LogP contribution is 2.05. The molecule has 1 amide bonds. The summed E-state index contributed by atoms with van der Waals surface area (Å²) < 4.78 is 0. The largest absolute Gasteiger partial charge is 0.465 e. The molecule has 0 spiro atoms. The lowest BCUT2D eigenvalue weighted by Gasteiger charge is -1.98. The van der Waals surface area contributed by atoms with E-state index in [4.69, 9.17) is 5.11 Å². The minimum atomic E-state index is -1.09. The number of amides is 1. The maximum atomic E-state index is 10.2. The predicted molar refractivity (Wildman–Crippen MR) is 46.0 cm³/mol. The van der Waals surface area contributed by atoms with Crippen LogP contribution < -0.4 is 5.32 Å². The van der Waals surface area contributed by atoms with Gasteiger partial charge in [-0.05, 0) is 18.2 Å². The molecule has 62 valence electrons. The third-order valence-electron chi connectivity index (χ3n) is 1.25. The van der Waals surface area contributed by atoms with Crippen molar-refractivity contribution in [3.05, 3.63) is 30.6 Å². The third kappa shape index (κ3) is 2.09. The van der Waals surface area contributed by atoms with Crippen molar-refractivity contribution in [1.82, 2.24) is 4.98 Å². The SMILES string of the molecule is C=Cc1ccc(NC(=O)O)cn1. The van der Waals surface area contributed by atoms with Crippen molar-refractivity contribution in [1.29, 1.82) is 0 Å². The molecule has 0 atom stereocenters. The first-order valence-electron chi connectivity index (χ1n) is 3.31. The summed E-state index contributed by atoms with van der Waals surface area (Å²) in [5.74, 6) is 0. The number of nitrogens with one attached hydrogen (secondary N) is 1. The minimum Gasteiger partial charge on any atom is -0.465 e. The van der Waals surface area contributed by atoms with E-state index in [-0.39, 0.29) is 0 Å². The number of pyridine rings is 1. The van der Waals surface area contributed by atoms with Gasteiger partial charge in [-0.1, -0.05) is 6.58 Å². The third-order valence-corrected chi connectivity index (χ3v) is 1.25. The normalized spacial score (nSPS) is 9.00. The molecule has 0 saturated carbocycles. The predicted octanol–water partition coefficient (Wildman–Crippen LogP) is 1.81. The monoisotopic (exact) mass is 164 g/mol. The zero-order valence-corrected chi connectivity index (χ0v) is 6.32. The van der Waals surface area contributed by atoms with Gasteiger partial charge in [-0.25, -0.2) is 4.79 Å². The molecule has 1 heterocycles. The standard InChI is InChI=1S/C8H8N2O2/c1-2-6-3-4-7(5-9-6)10-8(11)12/h2-5,10H,1H2,(H,11,12). The zero-order chi connectivity index (χ0) is 8.97. The van der Waals surface area contributed by atoms with E-state index in [9.17, 15) is 4.79 Å². The molecule has 0 aliphatic rings. The Morgan fingerprint density at radius 1 is 1.67 bits per heavy atom. The molecule has 4 nitrogen and oxygen atoms in total. The second-order valence-corrected chi connectivity index (χ2v) is 2.11. The van der Waals surface area contributed by atoms with Gasteiger partial charge in [0.05, 0.1) is 17.6 Å². The fourth-order valence-electron chi connectivity index (χ4n) is 0.723. The van der Waals surface area contributed by atoms with Crippen molar-refractivity contribution in [3.8, 4) is 0 Å². The van der Waals surface area contributed by atoms with Crippen LogP contribution in [0.5, 0.6) is 0 Å². The lowest BCUT2D eigenvalue weighted by molar-refractivity contribution is 0.209. The summed E-state index contributed by atoms with van der Waals surface area (Å²) in [5.41, 5.74) is 1.17. The lowest BCUT2D eigenvalue weighted by atomic mass is 10.3. The summed E-state index contributed by atoms with van der Waals surface area (Å²) in [6.07, 6.45) is 1.93. The second-order valence-electron chi connectivity index (χ2n) is 2.11. The first-order valence-corrected chi connectivity index (χ1v) is 3.31. The summed E-state index contributed by atoms with van der Waals surface area (Å²) in [6, 6.07) is 3.30. The molecule has 0 aromatic carbocycles. The molecule has 0 radical (unpaired) electrons. The van der Waals surface area contributed by atoms with E-state index in [1.54, 1.807) is 18.2 Å². The van der Waals surface area contributed by atoms with Gasteiger partial charge in [0.1, 0.15) is 0 Å². The van der Waals surface area contributed by atoms with Gasteiger partial charge in [0.2, 0.25) is 0 Å². The number of hydrogen-bond acceptors (Lipinski definition) is 2. The quantitative estimate of drug-likeness (QED) is 0.700. The first kappa shape index (κ1) is 8.26. The summed E-state index contributed by atoms with van der Waals surface area (Å²) in [6.45, 7) is 3.52. The van der Waals surface area contributed by atoms with E-state index in [2.05, 4.69) is 16.9 Å². The molecule has 1 aromatic rings. The molecule has 2 N–H and O–H groups in total. The van der Waals surface area contributed by atoms with Crippen LogP contribution in [0, 0.1) is 0 Å². The van der Waals surface area contributed by atoms with Crippen LogP contribution in [0.2, 0.25) is 0 Å². The summed E-state index contributed by atoms with van der Waals surface area (Å²) >= 11 is 0. The van der Waals surface area contributed by atoms with Crippen molar-refractivity contribution < 1.29 is 9.90 Å². The van der Waals surface area contributed by atoms with Crippen molar-refractivity contribution in [2.45, 2.75) is 0 Å². The number of anilines is 1. The van der Waals surface area contributed by atoms with Gasteiger partial charge in [-0.3, -0.25) is 10.3 Å². The lowest BCUT2D eigenvalue weighted by Crippen LogP contribution is -2.07. The highest BCUT2D eigenvalue weighted by Gasteiger charge is 1.96. The van der Waals surface area contributed by atoms with Gasteiger partial charge < -0.3 is 5.11 Å². The summed E-state index contributed by atoms with van der Waals surface area (Å²) in [4.78, 5) is 14.1. The fraction of sp³-hybridized carbons (Fsp3) is 0. The van der Waals surface area contributed by atoms with Gasteiger partial charge in [0.15, 0.2) is 0 Å². The average Bonchev–Trinajstić information content (AvgIpc) is 2.05. The van der Waals surface area contributed by atoms with E-state index in [1.807, 2.05) is 0 Å². The Morgan fingerprint density at radius 2 is 2.42 bits per heavy atom. The Hall–Kier alpha value is -1.84. The molecule has 0 unspecified atom stereocenters. The number of aromatic nitrogens is 1. The van der Waals surface area contributed by atoms with Crippen molar-refractivity contribution in [2.24, 2.45) is 0 Å². The van der Waals surface area contributed by atoms with E-state index < -0.39 is 6.09 Å².